The lowest BCUT2D eigenvalue weighted by molar-refractivity contribution is -0.0314. The fourth-order valence-electron chi connectivity index (χ4n) is 2.65. The van der Waals surface area contributed by atoms with E-state index in [2.05, 4.69) is 20.4 Å². The molecule has 1 saturated heterocycles. The van der Waals surface area contributed by atoms with Crippen molar-refractivity contribution < 1.29 is 18.4 Å². The first kappa shape index (κ1) is 16.5. The van der Waals surface area contributed by atoms with Gasteiger partial charge in [0.15, 0.2) is 5.82 Å². The number of nitrogens with zero attached hydrogens (tertiary/aromatic N) is 3. The Balaban J connectivity index is 1.56. The molecule has 1 aromatic heterocycles. The van der Waals surface area contributed by atoms with Gasteiger partial charge in [-0.2, -0.15) is 4.98 Å². The molecule has 2 heterocycles. The predicted molar refractivity (Wildman–Crippen MR) is 82.8 cm³/mol. The number of carbonyl (C=O) groups is 1. The van der Waals surface area contributed by atoms with Gasteiger partial charge in [0.2, 0.25) is 0 Å². The summed E-state index contributed by atoms with van der Waals surface area (Å²) in [6.45, 7) is 2.56. The average molecular weight is 334 g/mol. The summed E-state index contributed by atoms with van der Waals surface area (Å²) in [4.78, 5) is 17.7. The van der Waals surface area contributed by atoms with E-state index in [1.807, 2.05) is 0 Å². The summed E-state index contributed by atoms with van der Waals surface area (Å²) in [5.74, 6) is -0.210. The molecule has 0 spiro atoms. The van der Waals surface area contributed by atoms with E-state index in [4.69, 9.17) is 9.26 Å². The molecule has 0 aliphatic carbocycles. The largest absolute Gasteiger partial charge is 0.375 e. The van der Waals surface area contributed by atoms with Gasteiger partial charge in [-0.3, -0.25) is 9.69 Å². The lowest BCUT2D eigenvalue weighted by Crippen LogP contribution is -2.43. The number of aromatic nitrogens is 2. The van der Waals surface area contributed by atoms with Crippen LogP contribution < -0.4 is 5.32 Å². The number of benzene rings is 1. The topological polar surface area (TPSA) is 80.5 Å². The van der Waals surface area contributed by atoms with Gasteiger partial charge >= 0.3 is 11.8 Å². The number of halogens is 1. The van der Waals surface area contributed by atoms with Gasteiger partial charge in [-0.25, -0.2) is 4.39 Å². The highest BCUT2D eigenvalue weighted by molar-refractivity contribution is 5.89. The summed E-state index contributed by atoms with van der Waals surface area (Å²) >= 11 is 0. The van der Waals surface area contributed by atoms with Crippen LogP contribution in [-0.4, -0.2) is 53.8 Å². The van der Waals surface area contributed by atoms with Crippen molar-refractivity contribution in [1.82, 2.24) is 20.4 Å². The molecule has 1 fully saturated rings. The quantitative estimate of drug-likeness (QED) is 0.879. The lowest BCUT2D eigenvalue weighted by atomic mass is 10.1. The zero-order valence-corrected chi connectivity index (χ0v) is 13.4. The van der Waals surface area contributed by atoms with Crippen molar-refractivity contribution in [2.45, 2.75) is 19.1 Å². The Labute approximate surface area is 138 Å². The van der Waals surface area contributed by atoms with Crippen LogP contribution in [0.15, 0.2) is 28.8 Å². The molecule has 0 saturated carbocycles. The molecule has 2 aromatic rings. The Hall–Kier alpha value is -2.32. The van der Waals surface area contributed by atoms with Crippen molar-refractivity contribution in [3.8, 4) is 0 Å². The smallest absolute Gasteiger partial charge is 0.315 e. The minimum atomic E-state index is -0.398. The Morgan fingerprint density at radius 2 is 2.21 bits per heavy atom. The fourth-order valence-corrected chi connectivity index (χ4v) is 2.65. The summed E-state index contributed by atoms with van der Waals surface area (Å²) < 4.78 is 23.7. The molecule has 1 aliphatic rings. The summed E-state index contributed by atoms with van der Waals surface area (Å²) in [7, 11) is 1.51. The third kappa shape index (κ3) is 4.15. The summed E-state index contributed by atoms with van der Waals surface area (Å²) in [5.41, 5.74) is 1.03. The van der Waals surface area contributed by atoms with Crippen LogP contribution in [0, 0.1) is 5.82 Å². The number of amides is 1. The Kier molecular flexibility index (Phi) is 5.17. The van der Waals surface area contributed by atoms with E-state index in [0.29, 0.717) is 31.9 Å². The van der Waals surface area contributed by atoms with Gasteiger partial charge < -0.3 is 14.6 Å². The minimum Gasteiger partial charge on any atom is -0.375 e. The zero-order chi connectivity index (χ0) is 16.9. The molecule has 3 rings (SSSR count). The number of rotatable bonds is 5. The summed E-state index contributed by atoms with van der Waals surface area (Å²) in [6.07, 6.45) is 0.738. The molecule has 128 valence electrons. The Bertz CT molecular complexity index is 689. The van der Waals surface area contributed by atoms with E-state index in [1.54, 1.807) is 12.1 Å². The first-order chi connectivity index (χ1) is 11.6. The molecule has 0 radical (unpaired) electrons. The number of carbonyl (C=O) groups excluding carboxylic acids is 1. The molecule has 1 amide bonds. The van der Waals surface area contributed by atoms with Gasteiger partial charge in [-0.1, -0.05) is 17.3 Å². The molecule has 1 unspecified atom stereocenters. The second-order valence-corrected chi connectivity index (χ2v) is 5.65. The Morgan fingerprint density at radius 1 is 1.42 bits per heavy atom. The standard InChI is InChI=1S/C16H19FN4O3/c1-18-15(22)16-19-14(20-24-16)10-21-6-7-23-13(9-21)8-11-2-4-12(17)5-3-11/h2-5,13H,6-10H2,1H3,(H,18,22). The van der Waals surface area contributed by atoms with E-state index in [1.165, 1.54) is 19.2 Å². The van der Waals surface area contributed by atoms with Gasteiger partial charge in [-0.15, -0.1) is 0 Å². The molecule has 7 nitrogen and oxygen atoms in total. The maximum Gasteiger partial charge on any atom is 0.315 e. The molecule has 1 aliphatic heterocycles. The maximum atomic E-state index is 13.0. The van der Waals surface area contributed by atoms with Crippen molar-refractivity contribution in [3.05, 3.63) is 47.4 Å². The summed E-state index contributed by atoms with van der Waals surface area (Å²) in [5, 5.41) is 6.27. The lowest BCUT2D eigenvalue weighted by Gasteiger charge is -2.32. The van der Waals surface area contributed by atoms with Crippen LogP contribution in [0.3, 0.4) is 0 Å². The van der Waals surface area contributed by atoms with Crippen LogP contribution in [0.4, 0.5) is 4.39 Å². The zero-order valence-electron chi connectivity index (χ0n) is 13.4. The normalized spacial score (nSPS) is 18.5. The summed E-state index contributed by atoms with van der Waals surface area (Å²) in [6, 6.07) is 6.45. The van der Waals surface area contributed by atoms with Crippen LogP contribution in [0.25, 0.3) is 0 Å². The molecule has 24 heavy (non-hydrogen) atoms. The van der Waals surface area contributed by atoms with Crippen LogP contribution in [0.5, 0.6) is 0 Å². The molecule has 1 aromatic carbocycles. The van der Waals surface area contributed by atoms with Gasteiger partial charge in [-0.05, 0) is 24.1 Å². The number of hydrogen-bond acceptors (Lipinski definition) is 6. The van der Waals surface area contributed by atoms with E-state index in [0.717, 1.165) is 12.1 Å². The van der Waals surface area contributed by atoms with Gasteiger partial charge in [0, 0.05) is 20.1 Å². The van der Waals surface area contributed by atoms with Crippen molar-refractivity contribution >= 4 is 5.91 Å². The molecular weight excluding hydrogens is 315 g/mol. The number of morpholine rings is 1. The maximum absolute atomic E-state index is 13.0. The van der Waals surface area contributed by atoms with E-state index in [9.17, 15) is 9.18 Å². The van der Waals surface area contributed by atoms with E-state index in [-0.39, 0.29) is 17.8 Å². The number of nitrogens with one attached hydrogen (secondary N) is 1. The van der Waals surface area contributed by atoms with Crippen molar-refractivity contribution in [2.75, 3.05) is 26.7 Å². The molecule has 1 N–H and O–H groups in total. The highest BCUT2D eigenvalue weighted by atomic mass is 19.1. The third-order valence-corrected chi connectivity index (χ3v) is 3.85. The van der Waals surface area contributed by atoms with Crippen LogP contribution in [0.2, 0.25) is 0 Å². The first-order valence-corrected chi connectivity index (χ1v) is 7.77. The Morgan fingerprint density at radius 3 is 2.96 bits per heavy atom. The average Bonchev–Trinajstić information content (AvgIpc) is 3.05. The molecule has 0 bridgehead atoms. The van der Waals surface area contributed by atoms with Crippen LogP contribution in [-0.2, 0) is 17.7 Å². The predicted octanol–water partition coefficient (Wildman–Crippen LogP) is 1.01. The van der Waals surface area contributed by atoms with Crippen molar-refractivity contribution in [3.63, 3.8) is 0 Å². The van der Waals surface area contributed by atoms with Crippen molar-refractivity contribution in [2.24, 2.45) is 0 Å². The molecule has 1 atom stereocenters. The van der Waals surface area contributed by atoms with Crippen LogP contribution >= 0.6 is 0 Å². The third-order valence-electron chi connectivity index (χ3n) is 3.85. The fraction of sp³-hybridized carbons (Fsp3) is 0.438. The minimum absolute atomic E-state index is 0.0227. The second-order valence-electron chi connectivity index (χ2n) is 5.65. The SMILES string of the molecule is CNC(=O)c1nc(CN2CCOC(Cc3ccc(F)cc3)C2)no1. The monoisotopic (exact) mass is 334 g/mol. The van der Waals surface area contributed by atoms with Gasteiger partial charge in [0.1, 0.15) is 5.82 Å². The van der Waals surface area contributed by atoms with Crippen LogP contribution in [0.1, 0.15) is 22.1 Å². The number of ether oxygens (including phenoxy) is 1. The highest BCUT2D eigenvalue weighted by Crippen LogP contribution is 2.14. The van der Waals surface area contributed by atoms with E-state index >= 15 is 0 Å². The van der Waals surface area contributed by atoms with Gasteiger partial charge in [0.05, 0.1) is 19.3 Å². The van der Waals surface area contributed by atoms with Gasteiger partial charge in [0.25, 0.3) is 0 Å². The second kappa shape index (κ2) is 7.50. The van der Waals surface area contributed by atoms with E-state index < -0.39 is 5.91 Å². The molecule has 8 heteroatoms. The highest BCUT2D eigenvalue weighted by Gasteiger charge is 2.23. The molecular formula is C16H19FN4O3. The number of hydrogen-bond donors (Lipinski definition) is 1. The first-order valence-electron chi connectivity index (χ1n) is 7.77. The van der Waals surface area contributed by atoms with Crippen molar-refractivity contribution in [1.29, 1.82) is 0 Å².